The van der Waals surface area contributed by atoms with Gasteiger partial charge >= 0.3 is 0 Å². The Morgan fingerprint density at radius 3 is 2.48 bits per heavy atom. The van der Waals surface area contributed by atoms with E-state index in [-0.39, 0.29) is 42.7 Å². The molecular weight excluding hydrogens is 318 g/mol. The first-order chi connectivity index (χ1) is 10.3. The zero-order valence-electron chi connectivity index (χ0n) is 14.0. The Balaban J connectivity index is 0.00000484. The molecule has 0 fully saturated rings. The summed E-state index contributed by atoms with van der Waals surface area (Å²) in [6, 6.07) is 6.67. The number of nitrogens with one attached hydrogen (secondary N) is 2. The summed E-state index contributed by atoms with van der Waals surface area (Å²) in [5.41, 5.74) is 6.64. The molecule has 2 amide bonds. The van der Waals surface area contributed by atoms with Crippen molar-refractivity contribution in [2.45, 2.75) is 32.9 Å². The number of ether oxygens (including phenoxy) is 1. The van der Waals surface area contributed by atoms with E-state index in [1.54, 1.807) is 7.11 Å². The lowest BCUT2D eigenvalue weighted by atomic mass is 10.1. The van der Waals surface area contributed by atoms with Gasteiger partial charge in [-0.25, -0.2) is 0 Å². The number of carbonyl (C=O) groups excluding carboxylic acids is 2. The molecule has 2 atom stereocenters. The molecule has 0 heterocycles. The van der Waals surface area contributed by atoms with E-state index in [1.807, 2.05) is 45.0 Å². The molecule has 4 N–H and O–H groups in total. The lowest BCUT2D eigenvalue weighted by Gasteiger charge is -2.17. The van der Waals surface area contributed by atoms with Crippen molar-refractivity contribution in [2.24, 2.45) is 11.7 Å². The average molecular weight is 344 g/mol. The fourth-order valence-electron chi connectivity index (χ4n) is 1.87. The topological polar surface area (TPSA) is 93.5 Å². The van der Waals surface area contributed by atoms with Gasteiger partial charge in [0.15, 0.2) is 0 Å². The number of hydrogen-bond donors (Lipinski definition) is 3. The first-order valence-electron chi connectivity index (χ1n) is 7.31. The van der Waals surface area contributed by atoms with Crippen molar-refractivity contribution in [3.8, 4) is 5.75 Å². The van der Waals surface area contributed by atoms with E-state index < -0.39 is 6.04 Å². The Morgan fingerprint density at radius 1 is 1.26 bits per heavy atom. The fraction of sp³-hybridized carbons (Fsp3) is 0.500. The Morgan fingerprint density at radius 2 is 1.91 bits per heavy atom. The second-order valence-electron chi connectivity index (χ2n) is 5.55. The third kappa shape index (κ3) is 6.88. The van der Waals surface area contributed by atoms with E-state index in [1.165, 1.54) is 0 Å². The summed E-state index contributed by atoms with van der Waals surface area (Å²) >= 11 is 0. The van der Waals surface area contributed by atoms with Gasteiger partial charge in [0.05, 0.1) is 25.7 Å². The van der Waals surface area contributed by atoms with Crippen LogP contribution in [0.3, 0.4) is 0 Å². The molecule has 0 aromatic heterocycles. The summed E-state index contributed by atoms with van der Waals surface area (Å²) in [5, 5.41) is 5.36. The highest BCUT2D eigenvalue weighted by molar-refractivity contribution is 5.87. The molecule has 1 aromatic rings. The van der Waals surface area contributed by atoms with E-state index in [0.29, 0.717) is 0 Å². The number of halogens is 1. The highest BCUT2D eigenvalue weighted by atomic mass is 35.5. The third-order valence-electron chi connectivity index (χ3n) is 3.42. The molecule has 23 heavy (non-hydrogen) atoms. The van der Waals surface area contributed by atoms with Gasteiger partial charge in [-0.1, -0.05) is 26.0 Å². The number of benzene rings is 1. The molecule has 0 aliphatic carbocycles. The molecule has 0 aliphatic heterocycles. The van der Waals surface area contributed by atoms with Crippen LogP contribution in [0.15, 0.2) is 24.3 Å². The van der Waals surface area contributed by atoms with Gasteiger partial charge < -0.3 is 21.1 Å². The maximum absolute atomic E-state index is 11.9. The van der Waals surface area contributed by atoms with Crippen LogP contribution < -0.4 is 21.1 Å². The lowest BCUT2D eigenvalue weighted by Crippen LogP contribution is -2.47. The van der Waals surface area contributed by atoms with Gasteiger partial charge in [0, 0.05) is 0 Å². The molecule has 0 saturated heterocycles. The zero-order chi connectivity index (χ0) is 16.7. The molecular formula is C16H26ClN3O3. The lowest BCUT2D eigenvalue weighted by molar-refractivity contribution is -0.127. The van der Waals surface area contributed by atoms with E-state index in [4.69, 9.17) is 10.5 Å². The number of rotatable bonds is 7. The summed E-state index contributed by atoms with van der Waals surface area (Å²) in [6.07, 6.45) is 0. The van der Waals surface area contributed by atoms with Crippen LogP contribution in [0.25, 0.3) is 0 Å². The van der Waals surface area contributed by atoms with Crippen LogP contribution in [0.1, 0.15) is 32.4 Å². The van der Waals surface area contributed by atoms with Crippen LogP contribution >= 0.6 is 12.4 Å². The Labute approximate surface area is 143 Å². The Bertz CT molecular complexity index is 523. The highest BCUT2D eigenvalue weighted by Gasteiger charge is 2.18. The molecule has 0 saturated carbocycles. The average Bonchev–Trinajstić information content (AvgIpc) is 2.51. The maximum Gasteiger partial charge on any atom is 0.239 e. The van der Waals surface area contributed by atoms with Crippen molar-refractivity contribution in [3.63, 3.8) is 0 Å². The smallest absolute Gasteiger partial charge is 0.239 e. The summed E-state index contributed by atoms with van der Waals surface area (Å²) in [7, 11) is 1.59. The van der Waals surface area contributed by atoms with Gasteiger partial charge in [-0.15, -0.1) is 12.4 Å². The van der Waals surface area contributed by atoms with Crippen LogP contribution in [-0.4, -0.2) is 31.5 Å². The largest absolute Gasteiger partial charge is 0.497 e. The number of nitrogens with two attached hydrogens (primary N) is 1. The number of carbonyl (C=O) groups is 2. The Kier molecular flexibility index (Phi) is 9.29. The molecule has 6 nitrogen and oxygen atoms in total. The second kappa shape index (κ2) is 10.1. The summed E-state index contributed by atoms with van der Waals surface area (Å²) < 4.78 is 5.15. The van der Waals surface area contributed by atoms with Crippen molar-refractivity contribution in [2.75, 3.05) is 13.7 Å². The van der Waals surface area contributed by atoms with Crippen LogP contribution in [0.2, 0.25) is 0 Å². The minimum atomic E-state index is -0.608. The molecule has 7 heteroatoms. The van der Waals surface area contributed by atoms with Crippen LogP contribution in [0.5, 0.6) is 5.75 Å². The predicted octanol–water partition coefficient (Wildman–Crippen LogP) is 1.39. The SMILES string of the molecule is COc1cccc(C(C)NC(=O)CNC(=O)[C@@H](N)C(C)C)c1.Cl. The summed E-state index contributed by atoms with van der Waals surface area (Å²) in [6.45, 7) is 5.49. The third-order valence-corrected chi connectivity index (χ3v) is 3.42. The van der Waals surface area contributed by atoms with E-state index >= 15 is 0 Å². The van der Waals surface area contributed by atoms with Gasteiger partial charge in [0.1, 0.15) is 5.75 Å². The van der Waals surface area contributed by atoms with Crippen LogP contribution in [0.4, 0.5) is 0 Å². The Hall–Kier alpha value is -1.79. The van der Waals surface area contributed by atoms with Gasteiger partial charge in [-0.05, 0) is 30.5 Å². The first-order valence-corrected chi connectivity index (χ1v) is 7.31. The van der Waals surface area contributed by atoms with Crippen LogP contribution in [0, 0.1) is 5.92 Å². The summed E-state index contributed by atoms with van der Waals surface area (Å²) in [5.74, 6) is 0.174. The van der Waals surface area contributed by atoms with E-state index in [9.17, 15) is 9.59 Å². The number of methoxy groups -OCH3 is 1. The van der Waals surface area contributed by atoms with Gasteiger partial charge in [-0.2, -0.15) is 0 Å². The van der Waals surface area contributed by atoms with Crippen molar-refractivity contribution in [3.05, 3.63) is 29.8 Å². The highest BCUT2D eigenvalue weighted by Crippen LogP contribution is 2.18. The molecule has 0 aliphatic rings. The van der Waals surface area contributed by atoms with Crippen molar-refractivity contribution in [1.29, 1.82) is 0 Å². The molecule has 1 rings (SSSR count). The molecule has 0 radical (unpaired) electrons. The fourth-order valence-corrected chi connectivity index (χ4v) is 1.87. The van der Waals surface area contributed by atoms with Gasteiger partial charge in [0.25, 0.3) is 0 Å². The zero-order valence-corrected chi connectivity index (χ0v) is 14.8. The molecule has 1 unspecified atom stereocenters. The number of hydrogen-bond acceptors (Lipinski definition) is 4. The monoisotopic (exact) mass is 343 g/mol. The minimum absolute atomic E-state index is 0. The normalized spacial score (nSPS) is 12.8. The van der Waals surface area contributed by atoms with Gasteiger partial charge in [0.2, 0.25) is 11.8 Å². The molecule has 0 bridgehead atoms. The van der Waals surface area contributed by atoms with Crippen LogP contribution in [-0.2, 0) is 9.59 Å². The van der Waals surface area contributed by atoms with Crippen molar-refractivity contribution >= 4 is 24.2 Å². The minimum Gasteiger partial charge on any atom is -0.497 e. The molecule has 130 valence electrons. The number of amides is 2. The van der Waals surface area contributed by atoms with Crippen molar-refractivity contribution < 1.29 is 14.3 Å². The first kappa shape index (κ1) is 21.2. The van der Waals surface area contributed by atoms with E-state index in [2.05, 4.69) is 10.6 Å². The quantitative estimate of drug-likeness (QED) is 0.697. The van der Waals surface area contributed by atoms with Gasteiger partial charge in [-0.3, -0.25) is 9.59 Å². The summed E-state index contributed by atoms with van der Waals surface area (Å²) in [4.78, 5) is 23.6. The van der Waals surface area contributed by atoms with E-state index in [0.717, 1.165) is 11.3 Å². The second-order valence-corrected chi connectivity index (χ2v) is 5.55. The molecule has 1 aromatic carbocycles. The standard InChI is InChI=1S/C16H25N3O3.ClH/c1-10(2)15(17)16(21)18-9-14(20)19-11(3)12-6-5-7-13(8-12)22-4;/h5-8,10-11,15H,9,17H2,1-4H3,(H,18,21)(H,19,20);1H/t11?,15-;/m0./s1. The van der Waals surface area contributed by atoms with Crippen molar-refractivity contribution in [1.82, 2.24) is 10.6 Å². The predicted molar refractivity (Wildman–Crippen MR) is 92.6 cm³/mol. The maximum atomic E-state index is 11.9. The molecule has 0 spiro atoms.